The number of rotatable bonds is 5. The molecule has 0 aliphatic carbocycles. The Morgan fingerprint density at radius 1 is 0.900 bits per heavy atom. The zero-order valence-electron chi connectivity index (χ0n) is 18.0. The van der Waals surface area contributed by atoms with Crippen molar-refractivity contribution in [1.82, 2.24) is 9.80 Å². The van der Waals surface area contributed by atoms with Gasteiger partial charge in [-0.1, -0.05) is 54.1 Å². The highest BCUT2D eigenvalue weighted by Crippen LogP contribution is 2.28. The Kier molecular flexibility index (Phi) is 7.12. The van der Waals surface area contributed by atoms with Crippen LogP contribution in [0.3, 0.4) is 0 Å². The molecule has 0 aromatic heterocycles. The molecule has 0 spiro atoms. The maximum atomic E-state index is 12.7. The molecular formula is C26H33ClN2O. The lowest BCUT2D eigenvalue weighted by Gasteiger charge is -2.42. The van der Waals surface area contributed by atoms with Crippen molar-refractivity contribution in [2.75, 3.05) is 26.2 Å². The summed E-state index contributed by atoms with van der Waals surface area (Å²) in [7, 11) is 0. The predicted molar refractivity (Wildman–Crippen MR) is 124 cm³/mol. The lowest BCUT2D eigenvalue weighted by atomic mass is 9.88. The van der Waals surface area contributed by atoms with Crippen molar-refractivity contribution >= 4 is 17.5 Å². The summed E-state index contributed by atoms with van der Waals surface area (Å²) < 4.78 is 0. The van der Waals surface area contributed by atoms with Gasteiger partial charge in [0.15, 0.2) is 0 Å². The molecule has 160 valence electrons. The van der Waals surface area contributed by atoms with Gasteiger partial charge in [0.1, 0.15) is 0 Å². The van der Waals surface area contributed by atoms with Gasteiger partial charge < -0.3 is 9.80 Å². The molecule has 2 aromatic carbocycles. The van der Waals surface area contributed by atoms with Gasteiger partial charge in [-0.25, -0.2) is 0 Å². The van der Waals surface area contributed by atoms with E-state index in [1.807, 2.05) is 24.3 Å². The highest BCUT2D eigenvalue weighted by Gasteiger charge is 2.29. The third-order valence-electron chi connectivity index (χ3n) is 7.05. The maximum absolute atomic E-state index is 12.7. The molecule has 0 saturated carbocycles. The number of hydrogen-bond donors (Lipinski definition) is 0. The molecule has 2 heterocycles. The molecule has 30 heavy (non-hydrogen) atoms. The van der Waals surface area contributed by atoms with Gasteiger partial charge in [-0.3, -0.25) is 4.79 Å². The molecule has 0 unspecified atom stereocenters. The van der Waals surface area contributed by atoms with Crippen molar-refractivity contribution in [3.05, 3.63) is 70.2 Å². The van der Waals surface area contributed by atoms with Gasteiger partial charge in [-0.15, -0.1) is 0 Å². The standard InChI is InChI=1S/C26H33ClN2O/c1-20-6-2-3-7-22(20)19-26(30)29-16-12-24(13-17-29)28-14-10-21(11-15-28)18-23-8-4-5-9-25(23)27/h2-9,21,24H,10-19H2,1H3. The van der Waals surface area contributed by atoms with E-state index in [1.165, 1.54) is 37.1 Å². The average molecular weight is 425 g/mol. The van der Waals surface area contributed by atoms with Gasteiger partial charge in [-0.05, 0) is 80.8 Å². The molecular weight excluding hydrogens is 392 g/mol. The Bertz CT molecular complexity index is 852. The first-order chi connectivity index (χ1) is 14.6. The number of piperidine rings is 2. The second kappa shape index (κ2) is 9.98. The van der Waals surface area contributed by atoms with E-state index in [9.17, 15) is 4.79 Å². The number of nitrogens with zero attached hydrogens (tertiary/aromatic N) is 2. The van der Waals surface area contributed by atoms with Crippen molar-refractivity contribution in [2.24, 2.45) is 5.92 Å². The molecule has 0 radical (unpaired) electrons. The SMILES string of the molecule is Cc1ccccc1CC(=O)N1CCC(N2CCC(Cc3ccccc3Cl)CC2)CC1. The Morgan fingerprint density at radius 2 is 1.53 bits per heavy atom. The number of benzene rings is 2. The molecule has 2 aliphatic heterocycles. The molecule has 1 amide bonds. The second-order valence-corrected chi connectivity index (χ2v) is 9.40. The third kappa shape index (κ3) is 5.25. The number of aryl methyl sites for hydroxylation is 1. The summed E-state index contributed by atoms with van der Waals surface area (Å²) in [6.45, 7) is 6.24. The predicted octanol–water partition coefficient (Wildman–Crippen LogP) is 5.14. The van der Waals surface area contributed by atoms with E-state index in [4.69, 9.17) is 11.6 Å². The minimum atomic E-state index is 0.279. The largest absolute Gasteiger partial charge is 0.342 e. The summed E-state index contributed by atoms with van der Waals surface area (Å²) >= 11 is 6.35. The van der Waals surface area contributed by atoms with Crippen molar-refractivity contribution in [3.63, 3.8) is 0 Å². The molecule has 0 N–H and O–H groups in total. The third-order valence-corrected chi connectivity index (χ3v) is 7.42. The molecule has 2 aliphatic rings. The van der Waals surface area contributed by atoms with Crippen LogP contribution < -0.4 is 0 Å². The Morgan fingerprint density at radius 3 is 2.20 bits per heavy atom. The number of amides is 1. The van der Waals surface area contributed by atoms with Crippen LogP contribution >= 0.6 is 11.6 Å². The van der Waals surface area contributed by atoms with Crippen molar-refractivity contribution in [1.29, 1.82) is 0 Å². The summed E-state index contributed by atoms with van der Waals surface area (Å²) in [6, 6.07) is 17.1. The van der Waals surface area contributed by atoms with Crippen LogP contribution in [0, 0.1) is 12.8 Å². The summed E-state index contributed by atoms with van der Waals surface area (Å²) in [5.74, 6) is 1.01. The van der Waals surface area contributed by atoms with E-state index in [0.29, 0.717) is 12.5 Å². The van der Waals surface area contributed by atoms with E-state index >= 15 is 0 Å². The fourth-order valence-electron chi connectivity index (χ4n) is 5.06. The lowest BCUT2D eigenvalue weighted by molar-refractivity contribution is -0.132. The molecule has 2 saturated heterocycles. The molecule has 2 aromatic rings. The maximum Gasteiger partial charge on any atom is 0.227 e. The van der Waals surface area contributed by atoms with Crippen LogP contribution in [0.15, 0.2) is 48.5 Å². The molecule has 0 atom stereocenters. The normalized spacial score (nSPS) is 19.2. The zero-order valence-corrected chi connectivity index (χ0v) is 18.8. The fraction of sp³-hybridized carbons (Fsp3) is 0.500. The quantitative estimate of drug-likeness (QED) is 0.663. The Hall–Kier alpha value is -1.84. The van der Waals surface area contributed by atoms with Crippen LogP contribution in [0.5, 0.6) is 0 Å². The topological polar surface area (TPSA) is 23.6 Å². The van der Waals surface area contributed by atoms with Gasteiger partial charge in [0.05, 0.1) is 6.42 Å². The highest BCUT2D eigenvalue weighted by molar-refractivity contribution is 6.31. The van der Waals surface area contributed by atoms with Crippen molar-refractivity contribution in [2.45, 2.75) is 51.5 Å². The minimum Gasteiger partial charge on any atom is -0.342 e. The summed E-state index contributed by atoms with van der Waals surface area (Å²) in [6.07, 6.45) is 6.34. The lowest BCUT2D eigenvalue weighted by Crippen LogP contribution is -2.49. The Labute approximate surface area is 186 Å². The van der Waals surface area contributed by atoms with E-state index in [-0.39, 0.29) is 5.91 Å². The number of carbonyl (C=O) groups is 1. The minimum absolute atomic E-state index is 0.279. The highest BCUT2D eigenvalue weighted by atomic mass is 35.5. The number of likely N-dealkylation sites (tertiary alicyclic amines) is 2. The van der Waals surface area contributed by atoms with Crippen molar-refractivity contribution < 1.29 is 4.79 Å². The first-order valence-corrected chi connectivity index (χ1v) is 11.8. The second-order valence-electron chi connectivity index (χ2n) is 8.99. The zero-order chi connectivity index (χ0) is 20.9. The van der Waals surface area contributed by atoms with Gasteiger partial charge in [0.25, 0.3) is 0 Å². The van der Waals surface area contributed by atoms with Gasteiger partial charge in [-0.2, -0.15) is 0 Å². The molecule has 0 bridgehead atoms. The van der Waals surface area contributed by atoms with E-state index in [1.54, 1.807) is 0 Å². The average Bonchev–Trinajstić information content (AvgIpc) is 2.77. The fourth-order valence-corrected chi connectivity index (χ4v) is 5.27. The summed E-state index contributed by atoms with van der Waals surface area (Å²) in [5, 5.41) is 0.905. The van der Waals surface area contributed by atoms with Crippen LogP contribution in [0.25, 0.3) is 0 Å². The van der Waals surface area contributed by atoms with Crippen LogP contribution in [-0.4, -0.2) is 47.9 Å². The van der Waals surface area contributed by atoms with E-state index < -0.39 is 0 Å². The summed E-state index contributed by atoms with van der Waals surface area (Å²) in [5.41, 5.74) is 3.66. The van der Waals surface area contributed by atoms with Crippen LogP contribution in [-0.2, 0) is 17.6 Å². The van der Waals surface area contributed by atoms with Crippen LogP contribution in [0.4, 0.5) is 0 Å². The van der Waals surface area contributed by atoms with E-state index in [2.05, 4.69) is 41.0 Å². The van der Waals surface area contributed by atoms with Gasteiger partial charge in [0.2, 0.25) is 5.91 Å². The molecule has 2 fully saturated rings. The van der Waals surface area contributed by atoms with Crippen LogP contribution in [0.2, 0.25) is 5.02 Å². The van der Waals surface area contributed by atoms with Gasteiger partial charge >= 0.3 is 0 Å². The smallest absolute Gasteiger partial charge is 0.227 e. The Balaban J connectivity index is 1.22. The first-order valence-electron chi connectivity index (χ1n) is 11.4. The molecule has 3 nitrogen and oxygen atoms in total. The number of hydrogen-bond acceptors (Lipinski definition) is 2. The van der Waals surface area contributed by atoms with Gasteiger partial charge in [0, 0.05) is 24.2 Å². The molecule has 4 rings (SSSR count). The number of carbonyl (C=O) groups excluding carboxylic acids is 1. The van der Waals surface area contributed by atoms with Crippen molar-refractivity contribution in [3.8, 4) is 0 Å². The molecule has 4 heteroatoms. The van der Waals surface area contributed by atoms with E-state index in [0.717, 1.165) is 48.9 Å². The monoisotopic (exact) mass is 424 g/mol. The summed E-state index contributed by atoms with van der Waals surface area (Å²) in [4.78, 5) is 17.5. The first kappa shape index (κ1) is 21.4. The number of halogens is 1. The van der Waals surface area contributed by atoms with Crippen LogP contribution in [0.1, 0.15) is 42.4 Å².